The van der Waals surface area contributed by atoms with Gasteiger partial charge in [0.25, 0.3) is 5.89 Å². The minimum absolute atomic E-state index is 0.279. The molecule has 1 aromatic carbocycles. The smallest absolute Gasteiger partial charge is 0.264 e. The molecular weight excluding hydrogens is 272 g/mol. The van der Waals surface area contributed by atoms with Crippen LogP contribution in [0.3, 0.4) is 0 Å². The van der Waals surface area contributed by atoms with Gasteiger partial charge in [-0.05, 0) is 48.6 Å². The minimum Gasteiger partial charge on any atom is -0.484 e. The summed E-state index contributed by atoms with van der Waals surface area (Å²) >= 11 is 1.58. The average Bonchev–Trinajstić information content (AvgIpc) is 3.09. The lowest BCUT2D eigenvalue weighted by Crippen LogP contribution is -1.96. The summed E-state index contributed by atoms with van der Waals surface area (Å²) in [6, 6.07) is 9.91. The zero-order valence-corrected chi connectivity index (χ0v) is 12.1. The van der Waals surface area contributed by atoms with Crippen LogP contribution in [0.1, 0.15) is 17.0 Å². The lowest BCUT2D eigenvalue weighted by Gasteiger charge is -2.05. The Morgan fingerprint density at radius 2 is 2.10 bits per heavy atom. The number of benzene rings is 1. The summed E-state index contributed by atoms with van der Waals surface area (Å²) in [4.78, 5) is 5.31. The summed E-state index contributed by atoms with van der Waals surface area (Å²) in [5, 5.41) is 5.93. The highest BCUT2D eigenvalue weighted by atomic mass is 32.1. The van der Waals surface area contributed by atoms with E-state index in [-0.39, 0.29) is 6.61 Å². The summed E-state index contributed by atoms with van der Waals surface area (Å²) in [6.45, 7) is 4.41. The van der Waals surface area contributed by atoms with Crippen LogP contribution in [0.15, 0.2) is 40.2 Å². The molecule has 0 saturated heterocycles. The molecule has 3 rings (SSSR count). The van der Waals surface area contributed by atoms with Gasteiger partial charge in [0.2, 0.25) is 5.82 Å². The van der Waals surface area contributed by atoms with E-state index in [9.17, 15) is 0 Å². The number of thiophene rings is 1. The quantitative estimate of drug-likeness (QED) is 0.727. The largest absolute Gasteiger partial charge is 0.484 e. The molecule has 0 fully saturated rings. The van der Waals surface area contributed by atoms with Crippen molar-refractivity contribution in [3.05, 3.63) is 52.7 Å². The molecule has 0 aliphatic rings. The van der Waals surface area contributed by atoms with Crippen LogP contribution in [0.5, 0.6) is 5.75 Å². The van der Waals surface area contributed by atoms with Crippen LogP contribution in [0, 0.1) is 13.8 Å². The Bertz CT molecular complexity index is 704. The molecule has 0 unspecified atom stereocenters. The molecule has 0 atom stereocenters. The number of hydrogen-bond donors (Lipinski definition) is 0. The maximum Gasteiger partial charge on any atom is 0.264 e. The van der Waals surface area contributed by atoms with Crippen LogP contribution in [0.4, 0.5) is 0 Å². The van der Waals surface area contributed by atoms with Gasteiger partial charge in [-0.25, -0.2) is 0 Å². The second-order valence-corrected chi connectivity index (χ2v) is 5.47. The minimum atomic E-state index is 0.279. The molecule has 3 aromatic rings. The third kappa shape index (κ3) is 2.72. The first kappa shape index (κ1) is 12.9. The van der Waals surface area contributed by atoms with Gasteiger partial charge in [-0.1, -0.05) is 17.3 Å². The standard InChI is InChI=1S/C15H14N2O2S/c1-10-5-6-12(8-11(10)2)18-9-14-16-15(17-19-14)13-4-3-7-20-13/h3-8H,9H2,1-2H3. The monoisotopic (exact) mass is 286 g/mol. The zero-order valence-electron chi connectivity index (χ0n) is 11.3. The Morgan fingerprint density at radius 3 is 2.85 bits per heavy atom. The Kier molecular flexibility index (Phi) is 3.52. The zero-order chi connectivity index (χ0) is 13.9. The number of aromatic nitrogens is 2. The van der Waals surface area contributed by atoms with Gasteiger partial charge < -0.3 is 9.26 Å². The summed E-state index contributed by atoms with van der Waals surface area (Å²) in [5.41, 5.74) is 2.45. The molecule has 0 radical (unpaired) electrons. The van der Waals surface area contributed by atoms with Crippen molar-refractivity contribution in [1.82, 2.24) is 10.1 Å². The van der Waals surface area contributed by atoms with E-state index in [1.165, 1.54) is 11.1 Å². The molecule has 2 aromatic heterocycles. The first-order chi connectivity index (χ1) is 9.72. The Morgan fingerprint density at radius 1 is 1.20 bits per heavy atom. The lowest BCUT2D eigenvalue weighted by atomic mass is 10.1. The Balaban J connectivity index is 1.68. The van der Waals surface area contributed by atoms with Crippen LogP contribution in [0.25, 0.3) is 10.7 Å². The summed E-state index contributed by atoms with van der Waals surface area (Å²) in [6.07, 6.45) is 0. The molecule has 4 nitrogen and oxygen atoms in total. The van der Waals surface area contributed by atoms with E-state index in [0.717, 1.165) is 10.6 Å². The average molecular weight is 286 g/mol. The van der Waals surface area contributed by atoms with Crippen LogP contribution in [-0.2, 0) is 6.61 Å². The lowest BCUT2D eigenvalue weighted by molar-refractivity contribution is 0.243. The van der Waals surface area contributed by atoms with Gasteiger partial charge in [0.15, 0.2) is 6.61 Å². The van der Waals surface area contributed by atoms with E-state index in [1.54, 1.807) is 11.3 Å². The van der Waals surface area contributed by atoms with E-state index in [2.05, 4.69) is 24.0 Å². The SMILES string of the molecule is Cc1ccc(OCc2nc(-c3cccs3)no2)cc1C. The normalized spacial score (nSPS) is 10.7. The number of aryl methyl sites for hydroxylation is 2. The van der Waals surface area contributed by atoms with Gasteiger partial charge in [0, 0.05) is 0 Å². The summed E-state index contributed by atoms with van der Waals surface area (Å²) in [7, 11) is 0. The van der Waals surface area contributed by atoms with Crippen molar-refractivity contribution in [2.24, 2.45) is 0 Å². The van der Waals surface area contributed by atoms with Crippen molar-refractivity contribution in [3.8, 4) is 16.5 Å². The molecule has 0 spiro atoms. The Labute approximate surface area is 121 Å². The van der Waals surface area contributed by atoms with Crippen molar-refractivity contribution >= 4 is 11.3 Å². The predicted octanol–water partition coefficient (Wildman–Crippen LogP) is 3.99. The molecule has 0 N–H and O–H groups in total. The molecular formula is C15H14N2O2S. The van der Waals surface area contributed by atoms with Crippen LogP contribution >= 0.6 is 11.3 Å². The van der Waals surface area contributed by atoms with Gasteiger partial charge in [0.1, 0.15) is 5.75 Å². The number of rotatable bonds is 4. The van der Waals surface area contributed by atoms with Crippen molar-refractivity contribution < 1.29 is 9.26 Å². The molecule has 0 bridgehead atoms. The van der Waals surface area contributed by atoms with Gasteiger partial charge in [-0.3, -0.25) is 0 Å². The van der Waals surface area contributed by atoms with E-state index in [0.29, 0.717) is 11.7 Å². The highest BCUT2D eigenvalue weighted by Gasteiger charge is 2.09. The second kappa shape index (κ2) is 5.46. The van der Waals surface area contributed by atoms with E-state index in [4.69, 9.17) is 9.26 Å². The molecule has 0 aliphatic carbocycles. The molecule has 0 aliphatic heterocycles. The number of hydrogen-bond acceptors (Lipinski definition) is 5. The van der Waals surface area contributed by atoms with Gasteiger partial charge >= 0.3 is 0 Å². The van der Waals surface area contributed by atoms with Crippen LogP contribution in [-0.4, -0.2) is 10.1 Å². The van der Waals surface area contributed by atoms with E-state index >= 15 is 0 Å². The Hall–Kier alpha value is -2.14. The first-order valence-electron chi connectivity index (χ1n) is 6.29. The first-order valence-corrected chi connectivity index (χ1v) is 7.17. The molecule has 0 saturated carbocycles. The number of nitrogens with zero attached hydrogens (tertiary/aromatic N) is 2. The molecule has 5 heteroatoms. The highest BCUT2D eigenvalue weighted by Crippen LogP contribution is 2.22. The van der Waals surface area contributed by atoms with Crippen molar-refractivity contribution in [3.63, 3.8) is 0 Å². The summed E-state index contributed by atoms with van der Waals surface area (Å²) in [5.74, 6) is 1.90. The fraction of sp³-hybridized carbons (Fsp3) is 0.200. The second-order valence-electron chi connectivity index (χ2n) is 4.52. The van der Waals surface area contributed by atoms with Gasteiger partial charge in [0.05, 0.1) is 4.88 Å². The van der Waals surface area contributed by atoms with Crippen LogP contribution < -0.4 is 4.74 Å². The topological polar surface area (TPSA) is 48.2 Å². The van der Waals surface area contributed by atoms with Gasteiger partial charge in [-0.15, -0.1) is 11.3 Å². The predicted molar refractivity (Wildman–Crippen MR) is 77.9 cm³/mol. The van der Waals surface area contributed by atoms with E-state index in [1.807, 2.05) is 35.7 Å². The van der Waals surface area contributed by atoms with Crippen molar-refractivity contribution in [2.75, 3.05) is 0 Å². The maximum atomic E-state index is 5.67. The maximum absolute atomic E-state index is 5.67. The van der Waals surface area contributed by atoms with Crippen molar-refractivity contribution in [2.45, 2.75) is 20.5 Å². The molecule has 2 heterocycles. The van der Waals surface area contributed by atoms with Crippen LogP contribution in [0.2, 0.25) is 0 Å². The molecule has 0 amide bonds. The number of ether oxygens (including phenoxy) is 1. The third-order valence-corrected chi connectivity index (χ3v) is 3.92. The third-order valence-electron chi connectivity index (χ3n) is 3.05. The highest BCUT2D eigenvalue weighted by molar-refractivity contribution is 7.13. The van der Waals surface area contributed by atoms with Gasteiger partial charge in [-0.2, -0.15) is 4.98 Å². The molecule has 20 heavy (non-hydrogen) atoms. The van der Waals surface area contributed by atoms with Crippen molar-refractivity contribution in [1.29, 1.82) is 0 Å². The summed E-state index contributed by atoms with van der Waals surface area (Å²) < 4.78 is 10.9. The fourth-order valence-corrected chi connectivity index (χ4v) is 2.42. The molecule has 102 valence electrons. The fourth-order valence-electron chi connectivity index (χ4n) is 1.77. The van der Waals surface area contributed by atoms with E-state index < -0.39 is 0 Å².